The molecule has 2 aromatic rings. The molecule has 0 fully saturated rings. The minimum Gasteiger partial charge on any atom is -0.507 e. The first-order valence-corrected chi connectivity index (χ1v) is 4.80. The lowest BCUT2D eigenvalue weighted by Gasteiger charge is -2.03. The van der Waals surface area contributed by atoms with Crippen LogP contribution in [0.1, 0.15) is 27.6 Å². The summed E-state index contributed by atoms with van der Waals surface area (Å²) in [5.74, 6) is -0.574. The summed E-state index contributed by atoms with van der Waals surface area (Å²) in [6.07, 6.45) is 0.381. The van der Waals surface area contributed by atoms with E-state index < -0.39 is 5.63 Å². The molecule has 1 N–H and O–H groups in total. The predicted molar refractivity (Wildman–Crippen MR) is 59.5 cm³/mol. The number of Topliss-reactive ketones (excluding diaryl/α,β-unsaturated/α-hetero) is 1. The molecule has 86 valence electrons. The average molecular weight is 232 g/mol. The van der Waals surface area contributed by atoms with Gasteiger partial charge in [0.05, 0.1) is 5.56 Å². The second-order valence-electron chi connectivity index (χ2n) is 3.57. The molecule has 1 heterocycles. The molecule has 5 heteroatoms. The Kier molecular flexibility index (Phi) is 2.51. The Morgan fingerprint density at radius 2 is 2.06 bits per heavy atom. The van der Waals surface area contributed by atoms with E-state index in [0.29, 0.717) is 11.7 Å². The molecular formula is C12H8O5. The summed E-state index contributed by atoms with van der Waals surface area (Å²) in [6.45, 7) is 1.31. The topological polar surface area (TPSA) is 84.6 Å². The van der Waals surface area contributed by atoms with Gasteiger partial charge in [-0.3, -0.25) is 9.59 Å². The third kappa shape index (κ3) is 1.82. The number of ketones is 1. The van der Waals surface area contributed by atoms with E-state index in [0.717, 1.165) is 0 Å². The number of hydrogen-bond acceptors (Lipinski definition) is 5. The van der Waals surface area contributed by atoms with E-state index in [-0.39, 0.29) is 28.2 Å². The van der Waals surface area contributed by atoms with Gasteiger partial charge >= 0.3 is 5.63 Å². The van der Waals surface area contributed by atoms with Gasteiger partial charge in [0.15, 0.2) is 12.1 Å². The van der Waals surface area contributed by atoms with Gasteiger partial charge in [0.1, 0.15) is 16.9 Å². The minimum absolute atomic E-state index is 0.114. The van der Waals surface area contributed by atoms with Crippen LogP contribution in [0, 0.1) is 0 Å². The van der Waals surface area contributed by atoms with Gasteiger partial charge in [0.2, 0.25) is 0 Å². The smallest absolute Gasteiger partial charge is 0.346 e. The molecule has 17 heavy (non-hydrogen) atoms. The molecule has 0 aliphatic heterocycles. The summed E-state index contributed by atoms with van der Waals surface area (Å²) >= 11 is 0. The lowest BCUT2D eigenvalue weighted by Crippen LogP contribution is -2.06. The summed E-state index contributed by atoms with van der Waals surface area (Å²) in [6, 6.07) is 3.88. The zero-order chi connectivity index (χ0) is 12.6. The van der Waals surface area contributed by atoms with Crippen molar-refractivity contribution in [2.45, 2.75) is 6.92 Å². The highest BCUT2D eigenvalue weighted by Crippen LogP contribution is 2.24. The van der Waals surface area contributed by atoms with Crippen LogP contribution in [0.2, 0.25) is 0 Å². The van der Waals surface area contributed by atoms with Crippen molar-refractivity contribution < 1.29 is 19.1 Å². The quantitative estimate of drug-likeness (QED) is 0.482. The minimum atomic E-state index is -0.775. The second kappa shape index (κ2) is 3.86. The van der Waals surface area contributed by atoms with Crippen LogP contribution in [0.3, 0.4) is 0 Å². The fourth-order valence-electron chi connectivity index (χ4n) is 1.54. The van der Waals surface area contributed by atoms with E-state index in [1.807, 2.05) is 0 Å². The largest absolute Gasteiger partial charge is 0.507 e. The van der Waals surface area contributed by atoms with E-state index in [1.165, 1.54) is 25.1 Å². The highest BCUT2D eigenvalue weighted by molar-refractivity contribution is 6.00. The number of aldehydes is 1. The molecule has 0 saturated carbocycles. The first kappa shape index (κ1) is 11.1. The highest BCUT2D eigenvalue weighted by Gasteiger charge is 2.11. The molecule has 0 aliphatic rings. The van der Waals surface area contributed by atoms with Crippen molar-refractivity contribution in [1.29, 1.82) is 0 Å². The molecule has 1 aromatic carbocycles. The summed E-state index contributed by atoms with van der Waals surface area (Å²) in [7, 11) is 0. The molecule has 5 nitrogen and oxygen atoms in total. The Morgan fingerprint density at radius 1 is 1.35 bits per heavy atom. The Labute approximate surface area is 95.3 Å². The van der Waals surface area contributed by atoms with Crippen molar-refractivity contribution in [3.8, 4) is 5.75 Å². The fourth-order valence-corrected chi connectivity index (χ4v) is 1.54. The number of rotatable bonds is 2. The van der Waals surface area contributed by atoms with E-state index in [1.54, 1.807) is 0 Å². The van der Waals surface area contributed by atoms with Gasteiger partial charge in [-0.25, -0.2) is 4.79 Å². The van der Waals surface area contributed by atoms with Gasteiger partial charge in [-0.2, -0.15) is 0 Å². The van der Waals surface area contributed by atoms with Crippen LogP contribution in [-0.4, -0.2) is 17.2 Å². The lowest BCUT2D eigenvalue weighted by atomic mass is 10.1. The summed E-state index contributed by atoms with van der Waals surface area (Å²) in [4.78, 5) is 33.0. The van der Waals surface area contributed by atoms with Crippen molar-refractivity contribution >= 4 is 23.0 Å². The molecule has 0 spiro atoms. The molecule has 0 atom stereocenters. The van der Waals surface area contributed by atoms with Crippen LogP contribution in [0.15, 0.2) is 27.4 Å². The number of hydrogen-bond donors (Lipinski definition) is 1. The number of benzene rings is 1. The molecule has 0 radical (unpaired) electrons. The number of carbonyl (C=O) groups excluding carboxylic acids is 2. The normalized spacial score (nSPS) is 10.4. The maximum absolute atomic E-state index is 11.2. The van der Waals surface area contributed by atoms with E-state index in [4.69, 9.17) is 4.42 Å². The predicted octanol–water partition coefficient (Wildman–Crippen LogP) is 1.51. The number of carbonyl (C=O) groups is 2. The van der Waals surface area contributed by atoms with Crippen LogP contribution < -0.4 is 5.63 Å². The van der Waals surface area contributed by atoms with Gasteiger partial charge in [-0.15, -0.1) is 0 Å². The van der Waals surface area contributed by atoms with E-state index >= 15 is 0 Å². The molecule has 0 unspecified atom stereocenters. The molecule has 0 amide bonds. The van der Waals surface area contributed by atoms with Crippen LogP contribution in [0.5, 0.6) is 5.75 Å². The number of phenols is 1. The molecule has 0 aliphatic carbocycles. The number of fused-ring (bicyclic) bond motifs is 1. The van der Waals surface area contributed by atoms with Crippen molar-refractivity contribution in [3.63, 3.8) is 0 Å². The zero-order valence-electron chi connectivity index (χ0n) is 8.89. The first-order chi connectivity index (χ1) is 8.02. The monoisotopic (exact) mass is 232 g/mol. The van der Waals surface area contributed by atoms with Gasteiger partial charge < -0.3 is 9.52 Å². The maximum Gasteiger partial charge on any atom is 0.346 e. The SMILES string of the molecule is CC(=O)c1cc2cc(C=O)c(=O)oc2cc1O. The Hall–Kier alpha value is -2.43. The van der Waals surface area contributed by atoms with Crippen LogP contribution in [-0.2, 0) is 0 Å². The van der Waals surface area contributed by atoms with E-state index in [2.05, 4.69) is 0 Å². The standard InChI is InChI=1S/C12H8O5/c1-6(14)9-3-7-2-8(5-13)12(16)17-11(7)4-10(9)15/h2-5,15H,1H3. The van der Waals surface area contributed by atoms with Crippen molar-refractivity contribution in [1.82, 2.24) is 0 Å². The second-order valence-corrected chi connectivity index (χ2v) is 3.57. The maximum atomic E-state index is 11.2. The molecule has 2 rings (SSSR count). The molecular weight excluding hydrogens is 224 g/mol. The Morgan fingerprint density at radius 3 is 2.65 bits per heavy atom. The number of aromatic hydroxyl groups is 1. The van der Waals surface area contributed by atoms with Crippen molar-refractivity contribution in [3.05, 3.63) is 39.7 Å². The van der Waals surface area contributed by atoms with Crippen molar-refractivity contribution in [2.24, 2.45) is 0 Å². The first-order valence-electron chi connectivity index (χ1n) is 4.80. The average Bonchev–Trinajstić information content (AvgIpc) is 2.27. The fraction of sp³-hybridized carbons (Fsp3) is 0.0833. The van der Waals surface area contributed by atoms with Gasteiger partial charge in [0.25, 0.3) is 0 Å². The Balaban J connectivity index is 2.84. The van der Waals surface area contributed by atoms with Crippen LogP contribution in [0.25, 0.3) is 11.0 Å². The van der Waals surface area contributed by atoms with Crippen LogP contribution in [0.4, 0.5) is 0 Å². The summed E-state index contributed by atoms with van der Waals surface area (Å²) in [5.41, 5.74) is -0.661. The summed E-state index contributed by atoms with van der Waals surface area (Å²) in [5, 5.41) is 9.96. The molecule has 1 aromatic heterocycles. The summed E-state index contributed by atoms with van der Waals surface area (Å²) < 4.78 is 4.84. The van der Waals surface area contributed by atoms with Gasteiger partial charge in [0, 0.05) is 11.5 Å². The van der Waals surface area contributed by atoms with Gasteiger partial charge in [-0.05, 0) is 19.1 Å². The van der Waals surface area contributed by atoms with Crippen LogP contribution >= 0.6 is 0 Å². The molecule has 0 bridgehead atoms. The highest BCUT2D eigenvalue weighted by atomic mass is 16.4. The van der Waals surface area contributed by atoms with Gasteiger partial charge in [-0.1, -0.05) is 0 Å². The molecule has 0 saturated heterocycles. The third-order valence-electron chi connectivity index (χ3n) is 2.38. The van der Waals surface area contributed by atoms with Crippen molar-refractivity contribution in [2.75, 3.05) is 0 Å². The zero-order valence-corrected chi connectivity index (χ0v) is 8.89. The Bertz CT molecular complexity index is 681. The van der Waals surface area contributed by atoms with E-state index in [9.17, 15) is 19.5 Å². The lowest BCUT2D eigenvalue weighted by molar-refractivity contribution is 0.101. The third-order valence-corrected chi connectivity index (χ3v) is 2.38. The number of phenolic OH excluding ortho intramolecular Hbond substituents is 1.